The Kier molecular flexibility index (Phi) is 7.67. The third-order valence-electron chi connectivity index (χ3n) is 3.83. The number of rotatable bonds is 8. The highest BCUT2D eigenvalue weighted by atomic mass is 35.5. The molecule has 0 aliphatic rings. The Bertz CT molecular complexity index is 787. The average Bonchev–Trinajstić information content (AvgIpc) is 2.63. The van der Waals surface area contributed by atoms with Gasteiger partial charge in [0.2, 0.25) is 0 Å². The zero-order chi connectivity index (χ0) is 19.8. The van der Waals surface area contributed by atoms with Gasteiger partial charge in [0.1, 0.15) is 5.75 Å². The zero-order valence-electron chi connectivity index (χ0n) is 15.8. The first-order valence-corrected chi connectivity index (χ1v) is 9.19. The molecular weight excluding hydrogens is 366 g/mol. The summed E-state index contributed by atoms with van der Waals surface area (Å²) >= 11 is 5.96. The van der Waals surface area contributed by atoms with Crippen molar-refractivity contribution in [3.8, 4) is 5.75 Å². The van der Waals surface area contributed by atoms with Gasteiger partial charge in [-0.15, -0.1) is 0 Å². The molecule has 0 saturated carbocycles. The SMILES string of the molecule is Cc1cc(OCC(=O)Nc2ccc(C(=O)OCCC(C)C)cc2)ccc1Cl. The van der Waals surface area contributed by atoms with Gasteiger partial charge in [0, 0.05) is 10.7 Å². The van der Waals surface area contributed by atoms with Crippen molar-refractivity contribution in [3.63, 3.8) is 0 Å². The molecule has 0 unspecified atom stereocenters. The highest BCUT2D eigenvalue weighted by molar-refractivity contribution is 6.31. The van der Waals surface area contributed by atoms with Crippen molar-refractivity contribution in [2.45, 2.75) is 27.2 Å². The second-order valence-electron chi connectivity index (χ2n) is 6.64. The monoisotopic (exact) mass is 389 g/mol. The molecule has 0 aliphatic heterocycles. The molecule has 0 atom stereocenters. The quantitative estimate of drug-likeness (QED) is 0.654. The van der Waals surface area contributed by atoms with Crippen LogP contribution in [0.2, 0.25) is 5.02 Å². The van der Waals surface area contributed by atoms with Crippen molar-refractivity contribution >= 4 is 29.2 Å². The molecule has 0 bridgehead atoms. The van der Waals surface area contributed by atoms with E-state index in [2.05, 4.69) is 19.2 Å². The molecule has 27 heavy (non-hydrogen) atoms. The van der Waals surface area contributed by atoms with Crippen LogP contribution in [0.3, 0.4) is 0 Å². The predicted octanol–water partition coefficient (Wildman–Crippen LogP) is 4.87. The van der Waals surface area contributed by atoms with Crippen LogP contribution < -0.4 is 10.1 Å². The van der Waals surface area contributed by atoms with Crippen LogP contribution in [0.1, 0.15) is 36.2 Å². The maximum Gasteiger partial charge on any atom is 0.338 e. The maximum atomic E-state index is 12.0. The fourth-order valence-corrected chi connectivity index (χ4v) is 2.33. The third-order valence-corrected chi connectivity index (χ3v) is 4.26. The van der Waals surface area contributed by atoms with E-state index in [0.717, 1.165) is 12.0 Å². The predicted molar refractivity (Wildman–Crippen MR) is 106 cm³/mol. The number of benzene rings is 2. The van der Waals surface area contributed by atoms with E-state index in [1.165, 1.54) is 0 Å². The zero-order valence-corrected chi connectivity index (χ0v) is 16.5. The fraction of sp³-hybridized carbons (Fsp3) is 0.333. The molecule has 0 aliphatic carbocycles. The van der Waals surface area contributed by atoms with E-state index < -0.39 is 0 Å². The number of nitrogens with one attached hydrogen (secondary N) is 1. The van der Waals surface area contributed by atoms with Gasteiger partial charge < -0.3 is 14.8 Å². The molecule has 1 N–H and O–H groups in total. The van der Waals surface area contributed by atoms with Crippen molar-refractivity contribution in [1.29, 1.82) is 0 Å². The highest BCUT2D eigenvalue weighted by Gasteiger charge is 2.09. The van der Waals surface area contributed by atoms with Crippen LogP contribution in [0.4, 0.5) is 5.69 Å². The van der Waals surface area contributed by atoms with Gasteiger partial charge in [-0.3, -0.25) is 4.79 Å². The van der Waals surface area contributed by atoms with Gasteiger partial charge in [0.05, 0.1) is 12.2 Å². The lowest BCUT2D eigenvalue weighted by Crippen LogP contribution is -2.20. The lowest BCUT2D eigenvalue weighted by molar-refractivity contribution is -0.118. The van der Waals surface area contributed by atoms with Crippen LogP contribution in [-0.4, -0.2) is 25.1 Å². The highest BCUT2D eigenvalue weighted by Crippen LogP contribution is 2.21. The first kappa shape index (κ1) is 20.8. The van der Waals surface area contributed by atoms with Crippen molar-refractivity contribution in [2.24, 2.45) is 5.92 Å². The summed E-state index contributed by atoms with van der Waals surface area (Å²) in [6, 6.07) is 11.8. The van der Waals surface area contributed by atoms with Crippen LogP contribution in [0.5, 0.6) is 5.75 Å². The van der Waals surface area contributed by atoms with Crippen LogP contribution >= 0.6 is 11.6 Å². The van der Waals surface area contributed by atoms with E-state index in [0.29, 0.717) is 34.5 Å². The molecule has 2 aromatic rings. The number of hydrogen-bond donors (Lipinski definition) is 1. The Morgan fingerprint density at radius 3 is 2.44 bits per heavy atom. The summed E-state index contributed by atoms with van der Waals surface area (Å²) in [5.74, 6) is 0.394. The second-order valence-corrected chi connectivity index (χ2v) is 7.05. The summed E-state index contributed by atoms with van der Waals surface area (Å²) in [5.41, 5.74) is 1.91. The molecule has 2 rings (SSSR count). The number of ether oxygens (including phenoxy) is 2. The molecule has 1 amide bonds. The number of esters is 1. The number of hydrogen-bond acceptors (Lipinski definition) is 4. The van der Waals surface area contributed by atoms with Gasteiger partial charge >= 0.3 is 5.97 Å². The van der Waals surface area contributed by atoms with Crippen molar-refractivity contribution in [1.82, 2.24) is 0 Å². The minimum Gasteiger partial charge on any atom is -0.484 e. The molecule has 5 nitrogen and oxygen atoms in total. The van der Waals surface area contributed by atoms with Crippen LogP contribution in [0.25, 0.3) is 0 Å². The normalized spacial score (nSPS) is 10.6. The molecule has 0 saturated heterocycles. The van der Waals surface area contributed by atoms with Crippen LogP contribution in [0.15, 0.2) is 42.5 Å². The van der Waals surface area contributed by atoms with Crippen molar-refractivity contribution in [3.05, 3.63) is 58.6 Å². The van der Waals surface area contributed by atoms with E-state index in [4.69, 9.17) is 21.1 Å². The maximum absolute atomic E-state index is 12.0. The first-order chi connectivity index (χ1) is 12.8. The Labute approximate surface area is 164 Å². The Balaban J connectivity index is 1.81. The van der Waals surface area contributed by atoms with Gasteiger partial charge in [-0.25, -0.2) is 4.79 Å². The average molecular weight is 390 g/mol. The van der Waals surface area contributed by atoms with Crippen molar-refractivity contribution in [2.75, 3.05) is 18.5 Å². The van der Waals surface area contributed by atoms with Gasteiger partial charge in [0.25, 0.3) is 5.91 Å². The topological polar surface area (TPSA) is 64.6 Å². The summed E-state index contributed by atoms with van der Waals surface area (Å²) in [6.45, 7) is 6.29. The number of halogens is 1. The standard InChI is InChI=1S/C21H24ClNO4/c1-14(2)10-11-26-21(25)16-4-6-17(7-5-16)23-20(24)13-27-18-8-9-19(22)15(3)12-18/h4-9,12,14H,10-11,13H2,1-3H3,(H,23,24). The molecule has 0 spiro atoms. The summed E-state index contributed by atoms with van der Waals surface area (Å²) in [6.07, 6.45) is 0.826. The fourth-order valence-electron chi connectivity index (χ4n) is 2.21. The Morgan fingerprint density at radius 1 is 1.11 bits per heavy atom. The second kappa shape index (κ2) is 9.97. The van der Waals surface area contributed by atoms with Gasteiger partial charge in [-0.05, 0) is 67.3 Å². The number of amides is 1. The summed E-state index contributed by atoms with van der Waals surface area (Å²) in [5, 5.41) is 3.37. The van der Waals surface area contributed by atoms with Gasteiger partial charge in [-0.2, -0.15) is 0 Å². The minimum atomic E-state index is -0.366. The summed E-state index contributed by atoms with van der Waals surface area (Å²) in [7, 11) is 0. The summed E-state index contributed by atoms with van der Waals surface area (Å²) < 4.78 is 10.7. The van der Waals surface area contributed by atoms with Crippen LogP contribution in [0, 0.1) is 12.8 Å². The molecule has 6 heteroatoms. The molecular formula is C21H24ClNO4. The van der Waals surface area contributed by atoms with E-state index in [-0.39, 0.29) is 18.5 Å². The van der Waals surface area contributed by atoms with Crippen LogP contribution in [-0.2, 0) is 9.53 Å². The first-order valence-electron chi connectivity index (χ1n) is 8.81. The lowest BCUT2D eigenvalue weighted by atomic mass is 10.1. The largest absolute Gasteiger partial charge is 0.484 e. The Hall–Kier alpha value is -2.53. The third kappa shape index (κ3) is 6.94. The van der Waals surface area contributed by atoms with E-state index in [1.54, 1.807) is 42.5 Å². The van der Waals surface area contributed by atoms with Gasteiger partial charge in [0.15, 0.2) is 6.61 Å². The smallest absolute Gasteiger partial charge is 0.338 e. The van der Waals surface area contributed by atoms with E-state index in [9.17, 15) is 9.59 Å². The van der Waals surface area contributed by atoms with Crippen molar-refractivity contribution < 1.29 is 19.1 Å². The summed E-state index contributed by atoms with van der Waals surface area (Å²) in [4.78, 5) is 23.9. The molecule has 144 valence electrons. The molecule has 0 radical (unpaired) electrons. The number of carbonyl (C=O) groups is 2. The lowest BCUT2D eigenvalue weighted by Gasteiger charge is -2.09. The van der Waals surface area contributed by atoms with E-state index in [1.807, 2.05) is 6.92 Å². The molecule has 2 aromatic carbocycles. The number of anilines is 1. The van der Waals surface area contributed by atoms with Gasteiger partial charge in [-0.1, -0.05) is 25.4 Å². The van der Waals surface area contributed by atoms with E-state index >= 15 is 0 Å². The molecule has 0 heterocycles. The minimum absolute atomic E-state index is 0.125. The Morgan fingerprint density at radius 2 is 1.81 bits per heavy atom. The molecule has 0 fully saturated rings. The number of carbonyl (C=O) groups excluding carboxylic acids is 2. The number of aryl methyl sites for hydroxylation is 1. The molecule has 0 aromatic heterocycles.